The minimum atomic E-state index is -0.481. The lowest BCUT2D eigenvalue weighted by Gasteiger charge is -2.04. The first-order chi connectivity index (χ1) is 11.1. The van der Waals surface area contributed by atoms with E-state index in [1.165, 1.54) is 24.3 Å². The van der Waals surface area contributed by atoms with Crippen molar-refractivity contribution in [2.45, 2.75) is 0 Å². The summed E-state index contributed by atoms with van der Waals surface area (Å²) in [5, 5.41) is 14.0. The number of nitrogens with one attached hydrogen (secondary N) is 1. The number of hydrogen-bond acceptors (Lipinski definition) is 6. The molecule has 2 aromatic heterocycles. The number of carbonyl (C=O) groups excluding carboxylic acids is 1. The van der Waals surface area contributed by atoms with Crippen LogP contribution in [0, 0.1) is 5.82 Å². The molecule has 3 aromatic rings. The Labute approximate surface area is 129 Å². The molecule has 8 nitrogen and oxygen atoms in total. The standard InChI is InChI=1S/C14H12FN5O3/c1-20-7-6-11(19-20)13-17-18-14(23-13)16-12(21)8-22-10-4-2-9(15)3-5-10/h2-7H,8H2,1H3,(H,16,18,21). The maximum atomic E-state index is 12.7. The Bertz CT molecular complexity index is 812. The van der Waals surface area contributed by atoms with E-state index in [4.69, 9.17) is 9.15 Å². The number of aromatic nitrogens is 4. The van der Waals surface area contributed by atoms with Crippen LogP contribution in [0.5, 0.6) is 5.75 Å². The number of aryl methyl sites for hydroxylation is 1. The first kappa shape index (κ1) is 14.7. The van der Waals surface area contributed by atoms with Crippen LogP contribution in [0.25, 0.3) is 11.6 Å². The number of ether oxygens (including phenoxy) is 1. The van der Waals surface area contributed by atoms with Gasteiger partial charge in [0.2, 0.25) is 0 Å². The van der Waals surface area contributed by atoms with Gasteiger partial charge in [-0.2, -0.15) is 5.10 Å². The van der Waals surface area contributed by atoms with E-state index >= 15 is 0 Å². The van der Waals surface area contributed by atoms with E-state index in [1.807, 2.05) is 0 Å². The molecule has 0 radical (unpaired) electrons. The van der Waals surface area contributed by atoms with E-state index in [2.05, 4.69) is 20.6 Å². The molecule has 1 amide bonds. The van der Waals surface area contributed by atoms with Gasteiger partial charge in [0.05, 0.1) is 0 Å². The lowest BCUT2D eigenvalue weighted by molar-refractivity contribution is -0.118. The Morgan fingerprint density at radius 3 is 2.78 bits per heavy atom. The zero-order chi connectivity index (χ0) is 16.2. The van der Waals surface area contributed by atoms with Crippen molar-refractivity contribution in [1.82, 2.24) is 20.0 Å². The Balaban J connectivity index is 1.56. The molecule has 9 heteroatoms. The SMILES string of the molecule is Cn1ccc(-c2nnc(NC(=O)COc3ccc(F)cc3)o2)n1. The Hall–Kier alpha value is -3.23. The van der Waals surface area contributed by atoms with Crippen LogP contribution in [0.15, 0.2) is 40.9 Å². The van der Waals surface area contributed by atoms with Crippen molar-refractivity contribution >= 4 is 11.9 Å². The van der Waals surface area contributed by atoms with Gasteiger partial charge in [-0.05, 0) is 30.3 Å². The summed E-state index contributed by atoms with van der Waals surface area (Å²) in [5.74, 6) is -0.290. The highest BCUT2D eigenvalue weighted by Gasteiger charge is 2.13. The monoisotopic (exact) mass is 317 g/mol. The Morgan fingerprint density at radius 1 is 1.30 bits per heavy atom. The third-order valence-corrected chi connectivity index (χ3v) is 2.79. The smallest absolute Gasteiger partial charge is 0.322 e. The van der Waals surface area contributed by atoms with Crippen LogP contribution >= 0.6 is 0 Å². The minimum Gasteiger partial charge on any atom is -0.484 e. The minimum absolute atomic E-state index is 0.0571. The number of hydrogen-bond donors (Lipinski definition) is 1. The summed E-state index contributed by atoms with van der Waals surface area (Å²) in [5.41, 5.74) is 0.503. The molecule has 0 aliphatic rings. The first-order valence-corrected chi connectivity index (χ1v) is 6.62. The maximum Gasteiger partial charge on any atom is 0.322 e. The van der Waals surface area contributed by atoms with Gasteiger partial charge in [0.25, 0.3) is 11.8 Å². The number of amides is 1. The quantitative estimate of drug-likeness (QED) is 0.768. The third kappa shape index (κ3) is 3.70. The number of rotatable bonds is 5. The third-order valence-electron chi connectivity index (χ3n) is 2.79. The van der Waals surface area contributed by atoms with Crippen molar-refractivity contribution in [1.29, 1.82) is 0 Å². The largest absolute Gasteiger partial charge is 0.484 e. The van der Waals surface area contributed by atoms with Crippen LogP contribution in [0.1, 0.15) is 0 Å². The van der Waals surface area contributed by atoms with Crippen LogP contribution in [0.2, 0.25) is 0 Å². The highest BCUT2D eigenvalue weighted by molar-refractivity contribution is 5.89. The van der Waals surface area contributed by atoms with Crippen LogP contribution in [0.3, 0.4) is 0 Å². The van der Waals surface area contributed by atoms with E-state index in [0.29, 0.717) is 11.4 Å². The fourth-order valence-corrected chi connectivity index (χ4v) is 1.74. The van der Waals surface area contributed by atoms with Crippen molar-refractivity contribution in [3.05, 3.63) is 42.3 Å². The Kier molecular flexibility index (Phi) is 4.00. The van der Waals surface area contributed by atoms with E-state index < -0.39 is 5.91 Å². The summed E-state index contributed by atoms with van der Waals surface area (Å²) >= 11 is 0. The zero-order valence-corrected chi connectivity index (χ0v) is 12.1. The molecule has 2 heterocycles. The summed E-state index contributed by atoms with van der Waals surface area (Å²) in [7, 11) is 1.76. The summed E-state index contributed by atoms with van der Waals surface area (Å²) in [6.45, 7) is -0.271. The molecule has 0 bridgehead atoms. The first-order valence-electron chi connectivity index (χ1n) is 6.62. The molecule has 0 spiro atoms. The van der Waals surface area contributed by atoms with Crippen molar-refractivity contribution in [2.75, 3.05) is 11.9 Å². The molecule has 23 heavy (non-hydrogen) atoms. The summed E-state index contributed by atoms with van der Waals surface area (Å²) in [4.78, 5) is 11.7. The molecular formula is C14H12FN5O3. The molecule has 0 unspecified atom stereocenters. The molecular weight excluding hydrogens is 305 g/mol. The fraction of sp³-hybridized carbons (Fsp3) is 0.143. The number of halogens is 1. The van der Waals surface area contributed by atoms with E-state index in [-0.39, 0.29) is 24.3 Å². The zero-order valence-electron chi connectivity index (χ0n) is 12.1. The number of nitrogens with zero attached hydrogens (tertiary/aromatic N) is 4. The molecule has 0 aliphatic heterocycles. The number of anilines is 1. The lowest BCUT2D eigenvalue weighted by Crippen LogP contribution is -2.20. The highest BCUT2D eigenvalue weighted by Crippen LogP contribution is 2.17. The second-order valence-corrected chi connectivity index (χ2v) is 4.58. The van der Waals surface area contributed by atoms with E-state index in [9.17, 15) is 9.18 Å². The van der Waals surface area contributed by atoms with Gasteiger partial charge in [-0.15, -0.1) is 5.10 Å². The lowest BCUT2D eigenvalue weighted by atomic mass is 10.3. The van der Waals surface area contributed by atoms with Gasteiger partial charge < -0.3 is 9.15 Å². The maximum absolute atomic E-state index is 12.7. The second kappa shape index (κ2) is 6.26. The normalized spacial score (nSPS) is 10.5. The summed E-state index contributed by atoms with van der Waals surface area (Å²) in [6, 6.07) is 6.98. The highest BCUT2D eigenvalue weighted by atomic mass is 19.1. The predicted molar refractivity (Wildman–Crippen MR) is 77.0 cm³/mol. The van der Waals surface area contributed by atoms with Crippen molar-refractivity contribution < 1.29 is 18.3 Å². The molecule has 1 aromatic carbocycles. The van der Waals surface area contributed by atoms with Gasteiger partial charge in [-0.25, -0.2) is 4.39 Å². The van der Waals surface area contributed by atoms with Gasteiger partial charge in [0.15, 0.2) is 6.61 Å². The van der Waals surface area contributed by atoms with Crippen molar-refractivity contribution in [3.63, 3.8) is 0 Å². The average Bonchev–Trinajstić information content (AvgIpc) is 3.16. The van der Waals surface area contributed by atoms with Gasteiger partial charge in [0.1, 0.15) is 17.3 Å². The Morgan fingerprint density at radius 2 is 2.09 bits per heavy atom. The van der Waals surface area contributed by atoms with Crippen molar-refractivity contribution in [3.8, 4) is 17.3 Å². The molecule has 0 fully saturated rings. The van der Waals surface area contributed by atoms with Gasteiger partial charge in [-0.1, -0.05) is 5.10 Å². The topological polar surface area (TPSA) is 95.1 Å². The van der Waals surface area contributed by atoms with Gasteiger partial charge in [-0.3, -0.25) is 14.8 Å². The fourth-order valence-electron chi connectivity index (χ4n) is 1.74. The van der Waals surface area contributed by atoms with Crippen LogP contribution in [-0.2, 0) is 11.8 Å². The molecule has 0 saturated heterocycles. The van der Waals surface area contributed by atoms with Crippen molar-refractivity contribution in [2.24, 2.45) is 7.05 Å². The molecule has 1 N–H and O–H groups in total. The van der Waals surface area contributed by atoms with E-state index in [1.54, 1.807) is 24.0 Å². The van der Waals surface area contributed by atoms with Crippen LogP contribution in [0.4, 0.5) is 10.4 Å². The molecule has 0 aliphatic carbocycles. The van der Waals surface area contributed by atoms with Gasteiger partial charge in [0, 0.05) is 13.2 Å². The average molecular weight is 317 g/mol. The van der Waals surface area contributed by atoms with Crippen LogP contribution in [-0.4, -0.2) is 32.5 Å². The van der Waals surface area contributed by atoms with Crippen LogP contribution < -0.4 is 10.1 Å². The second-order valence-electron chi connectivity index (χ2n) is 4.58. The molecule has 118 valence electrons. The summed E-state index contributed by atoms with van der Waals surface area (Å²) < 4.78 is 24.8. The predicted octanol–water partition coefficient (Wildman–Crippen LogP) is 1.63. The molecule has 0 saturated carbocycles. The molecule has 3 rings (SSSR count). The summed E-state index contributed by atoms with van der Waals surface area (Å²) in [6.07, 6.45) is 1.73. The van der Waals surface area contributed by atoms with E-state index in [0.717, 1.165) is 0 Å². The molecule has 0 atom stereocenters. The number of benzene rings is 1. The van der Waals surface area contributed by atoms with Gasteiger partial charge >= 0.3 is 6.01 Å². The number of carbonyl (C=O) groups is 1.